The van der Waals surface area contributed by atoms with Crippen molar-refractivity contribution in [3.63, 3.8) is 0 Å². The van der Waals surface area contributed by atoms with E-state index in [4.69, 9.17) is 4.74 Å². The van der Waals surface area contributed by atoms with Crippen LogP contribution >= 0.6 is 11.8 Å². The van der Waals surface area contributed by atoms with E-state index >= 15 is 0 Å². The topological polar surface area (TPSA) is 75.3 Å². The molecule has 4 rings (SSSR count). The van der Waals surface area contributed by atoms with Crippen molar-refractivity contribution in [2.45, 2.75) is 31.0 Å². The zero-order valence-electron chi connectivity index (χ0n) is 14.5. The standard InChI is InChI=1S/C19H22N4O2S/c1-12-17-18(26-11-16(24)21-19(17)23-22-12)13-5-7-15(8-6-13)25-10-14-4-2-3-9-20-14/h2-9,12,17-19,22-23H,10-11H2,1H3,(H,21,24). The Hall–Kier alpha value is -2.09. The van der Waals surface area contributed by atoms with Crippen molar-refractivity contribution >= 4 is 17.7 Å². The fourth-order valence-corrected chi connectivity index (χ4v) is 4.86. The van der Waals surface area contributed by atoms with Crippen molar-refractivity contribution in [1.29, 1.82) is 0 Å². The molecule has 136 valence electrons. The van der Waals surface area contributed by atoms with E-state index in [-0.39, 0.29) is 29.3 Å². The number of ether oxygens (including phenoxy) is 1. The van der Waals surface area contributed by atoms with Crippen LogP contribution in [-0.2, 0) is 11.4 Å². The fourth-order valence-electron chi connectivity index (χ4n) is 3.48. The first-order valence-electron chi connectivity index (χ1n) is 8.75. The molecule has 26 heavy (non-hydrogen) atoms. The van der Waals surface area contributed by atoms with Gasteiger partial charge in [-0.3, -0.25) is 15.2 Å². The van der Waals surface area contributed by atoms with E-state index in [1.54, 1.807) is 18.0 Å². The van der Waals surface area contributed by atoms with Gasteiger partial charge in [-0.25, -0.2) is 5.43 Å². The highest BCUT2D eigenvalue weighted by Crippen LogP contribution is 2.42. The number of thioether (sulfide) groups is 1. The van der Waals surface area contributed by atoms with Crippen LogP contribution in [0, 0.1) is 5.92 Å². The lowest BCUT2D eigenvalue weighted by Crippen LogP contribution is -2.46. The molecule has 2 aliphatic rings. The second-order valence-electron chi connectivity index (χ2n) is 6.61. The predicted molar refractivity (Wildman–Crippen MR) is 101 cm³/mol. The number of rotatable bonds is 4. The molecule has 1 amide bonds. The molecule has 3 heterocycles. The summed E-state index contributed by atoms with van der Waals surface area (Å²) in [6, 6.07) is 14.3. The summed E-state index contributed by atoms with van der Waals surface area (Å²) < 4.78 is 5.82. The number of fused-ring (bicyclic) bond motifs is 1. The maximum Gasteiger partial charge on any atom is 0.231 e. The summed E-state index contributed by atoms with van der Waals surface area (Å²) in [5.41, 5.74) is 8.57. The van der Waals surface area contributed by atoms with E-state index in [9.17, 15) is 4.79 Å². The molecule has 0 spiro atoms. The van der Waals surface area contributed by atoms with Crippen molar-refractivity contribution in [1.82, 2.24) is 21.2 Å². The molecule has 7 heteroatoms. The molecule has 2 saturated heterocycles. The minimum Gasteiger partial charge on any atom is -0.487 e. The van der Waals surface area contributed by atoms with E-state index in [1.165, 1.54) is 5.56 Å². The van der Waals surface area contributed by atoms with Crippen LogP contribution in [-0.4, -0.2) is 28.9 Å². The molecule has 1 aromatic carbocycles. The SMILES string of the molecule is CC1NNC2NC(=O)CSC(c3ccc(OCc4ccccn4)cc3)C12. The molecular formula is C19H22N4O2S. The van der Waals surface area contributed by atoms with Crippen molar-refractivity contribution < 1.29 is 9.53 Å². The van der Waals surface area contributed by atoms with Gasteiger partial charge >= 0.3 is 0 Å². The highest BCUT2D eigenvalue weighted by atomic mass is 32.2. The van der Waals surface area contributed by atoms with Gasteiger partial charge in [0.1, 0.15) is 12.4 Å². The molecule has 4 unspecified atom stereocenters. The second-order valence-corrected chi connectivity index (χ2v) is 7.74. The van der Waals surface area contributed by atoms with Crippen LogP contribution in [0.4, 0.5) is 0 Å². The molecule has 0 aliphatic carbocycles. The average molecular weight is 370 g/mol. The number of benzene rings is 1. The van der Waals surface area contributed by atoms with Gasteiger partial charge in [0, 0.05) is 23.4 Å². The lowest BCUT2D eigenvalue weighted by molar-refractivity contribution is -0.119. The third kappa shape index (κ3) is 3.70. The lowest BCUT2D eigenvalue weighted by atomic mass is 9.91. The maximum absolute atomic E-state index is 12.0. The number of aromatic nitrogens is 1. The highest BCUT2D eigenvalue weighted by Gasteiger charge is 2.42. The summed E-state index contributed by atoms with van der Waals surface area (Å²) in [4.78, 5) is 16.2. The highest BCUT2D eigenvalue weighted by molar-refractivity contribution is 8.00. The third-order valence-electron chi connectivity index (χ3n) is 4.81. The van der Waals surface area contributed by atoms with Crippen molar-refractivity contribution in [2.75, 3.05) is 5.75 Å². The monoisotopic (exact) mass is 370 g/mol. The van der Waals surface area contributed by atoms with Crippen LogP contribution in [0.5, 0.6) is 5.75 Å². The van der Waals surface area contributed by atoms with E-state index in [1.807, 2.05) is 30.3 Å². The molecule has 3 N–H and O–H groups in total. The smallest absolute Gasteiger partial charge is 0.231 e. The van der Waals surface area contributed by atoms with Crippen molar-refractivity contribution in [3.8, 4) is 5.75 Å². The van der Waals surface area contributed by atoms with Crippen LogP contribution < -0.4 is 20.9 Å². The van der Waals surface area contributed by atoms with Gasteiger partial charge in [-0.2, -0.15) is 0 Å². The first kappa shape index (κ1) is 17.3. The van der Waals surface area contributed by atoms with E-state index in [0.717, 1.165) is 11.4 Å². The second kappa shape index (κ2) is 7.65. The number of amides is 1. The van der Waals surface area contributed by atoms with Gasteiger partial charge in [0.25, 0.3) is 0 Å². The van der Waals surface area contributed by atoms with E-state index in [2.05, 4.69) is 40.2 Å². The van der Waals surface area contributed by atoms with Gasteiger partial charge in [0.05, 0.1) is 17.6 Å². The Bertz CT molecular complexity index is 756. The molecular weight excluding hydrogens is 348 g/mol. The number of hydrazine groups is 1. The number of hydrogen-bond acceptors (Lipinski definition) is 6. The number of pyridine rings is 1. The summed E-state index contributed by atoms with van der Waals surface area (Å²) >= 11 is 1.70. The summed E-state index contributed by atoms with van der Waals surface area (Å²) in [7, 11) is 0. The normalized spacial score (nSPS) is 28.1. The molecule has 4 atom stereocenters. The Labute approximate surface area is 157 Å². The van der Waals surface area contributed by atoms with Gasteiger partial charge < -0.3 is 10.1 Å². The quantitative estimate of drug-likeness (QED) is 0.764. The van der Waals surface area contributed by atoms with Crippen molar-refractivity contribution in [3.05, 3.63) is 59.9 Å². The van der Waals surface area contributed by atoms with Crippen LogP contribution in [0.2, 0.25) is 0 Å². The Morgan fingerprint density at radius 3 is 2.81 bits per heavy atom. The van der Waals surface area contributed by atoms with E-state index < -0.39 is 0 Å². The van der Waals surface area contributed by atoms with Crippen LogP contribution in [0.1, 0.15) is 23.4 Å². The lowest BCUT2D eigenvalue weighted by Gasteiger charge is -2.27. The molecule has 0 saturated carbocycles. The number of carbonyl (C=O) groups excluding carboxylic acids is 1. The molecule has 2 aromatic rings. The minimum atomic E-state index is -0.0439. The molecule has 0 radical (unpaired) electrons. The van der Waals surface area contributed by atoms with Crippen LogP contribution in [0.3, 0.4) is 0 Å². The number of nitrogens with one attached hydrogen (secondary N) is 3. The number of carbonyl (C=O) groups is 1. The zero-order chi connectivity index (χ0) is 17.9. The van der Waals surface area contributed by atoms with Gasteiger partial charge in [-0.1, -0.05) is 18.2 Å². The molecule has 1 aromatic heterocycles. The Kier molecular flexibility index (Phi) is 5.10. The molecule has 0 bridgehead atoms. The van der Waals surface area contributed by atoms with E-state index in [0.29, 0.717) is 12.4 Å². The van der Waals surface area contributed by atoms with Gasteiger partial charge in [-0.05, 0) is 36.8 Å². The van der Waals surface area contributed by atoms with Gasteiger partial charge in [0.2, 0.25) is 5.91 Å². The van der Waals surface area contributed by atoms with Crippen LogP contribution in [0.25, 0.3) is 0 Å². The molecule has 2 aliphatic heterocycles. The minimum absolute atomic E-state index is 0.0439. The summed E-state index contributed by atoms with van der Waals surface area (Å²) in [5, 5.41) is 3.29. The maximum atomic E-state index is 12.0. The zero-order valence-corrected chi connectivity index (χ0v) is 15.3. The fraction of sp³-hybridized carbons (Fsp3) is 0.368. The first-order chi connectivity index (χ1) is 12.7. The van der Waals surface area contributed by atoms with Crippen LogP contribution in [0.15, 0.2) is 48.7 Å². The van der Waals surface area contributed by atoms with Gasteiger partial charge in [0.15, 0.2) is 0 Å². The Morgan fingerprint density at radius 2 is 2.04 bits per heavy atom. The summed E-state index contributed by atoms with van der Waals surface area (Å²) in [5.74, 6) is 1.65. The summed E-state index contributed by atoms with van der Waals surface area (Å²) in [6.45, 7) is 2.60. The van der Waals surface area contributed by atoms with Gasteiger partial charge in [-0.15, -0.1) is 11.8 Å². The number of nitrogens with zero attached hydrogens (tertiary/aromatic N) is 1. The average Bonchev–Trinajstić information content (AvgIpc) is 2.93. The largest absolute Gasteiger partial charge is 0.487 e. The summed E-state index contributed by atoms with van der Waals surface area (Å²) in [6.07, 6.45) is 1.72. The predicted octanol–water partition coefficient (Wildman–Crippen LogP) is 2.00. The number of hydrogen-bond donors (Lipinski definition) is 3. The molecule has 2 fully saturated rings. The third-order valence-corrected chi connectivity index (χ3v) is 6.18. The Morgan fingerprint density at radius 1 is 1.19 bits per heavy atom. The Balaban J connectivity index is 1.47. The van der Waals surface area contributed by atoms with Crippen molar-refractivity contribution in [2.24, 2.45) is 5.92 Å². The molecule has 6 nitrogen and oxygen atoms in total. The first-order valence-corrected chi connectivity index (χ1v) is 9.80.